The van der Waals surface area contributed by atoms with E-state index in [2.05, 4.69) is 25.8 Å². The van der Waals surface area contributed by atoms with Crippen molar-refractivity contribution in [1.29, 1.82) is 0 Å². The molecule has 0 bridgehead atoms. The summed E-state index contributed by atoms with van der Waals surface area (Å²) >= 11 is 12.9. The lowest BCUT2D eigenvalue weighted by atomic mass is 9.87. The van der Waals surface area contributed by atoms with Crippen molar-refractivity contribution >= 4 is 34.9 Å². The molecule has 0 saturated carbocycles. The van der Waals surface area contributed by atoms with Crippen LogP contribution in [-0.2, 0) is 6.54 Å². The Bertz CT molecular complexity index is 1520. The molecule has 6 N–H and O–H groups in total. The molecule has 238 valence electrons. The van der Waals surface area contributed by atoms with Crippen molar-refractivity contribution in [3.8, 4) is 22.4 Å². The fraction of sp³-hybridized carbons (Fsp3) is 0.419. The number of alkyl halides is 1. The van der Waals surface area contributed by atoms with Gasteiger partial charge < -0.3 is 25.8 Å². The molecule has 0 aliphatic heterocycles. The van der Waals surface area contributed by atoms with Crippen molar-refractivity contribution in [3.05, 3.63) is 70.3 Å². The Morgan fingerprint density at radius 2 is 1.98 bits per heavy atom. The summed E-state index contributed by atoms with van der Waals surface area (Å²) in [5.41, 5.74) is 4.78. The van der Waals surface area contributed by atoms with E-state index >= 15 is 0 Å². The van der Waals surface area contributed by atoms with Gasteiger partial charge in [0.2, 0.25) is 0 Å². The van der Waals surface area contributed by atoms with E-state index in [4.69, 9.17) is 23.2 Å². The summed E-state index contributed by atoms with van der Waals surface area (Å²) in [5.74, 6) is -0.687. The third-order valence-electron chi connectivity index (χ3n) is 8.04. The van der Waals surface area contributed by atoms with E-state index < -0.39 is 35.3 Å². The van der Waals surface area contributed by atoms with Gasteiger partial charge in [-0.25, -0.2) is 4.39 Å². The number of aliphatic hydroxyl groups excluding tert-OH is 2. The van der Waals surface area contributed by atoms with Crippen molar-refractivity contribution in [1.82, 2.24) is 30.3 Å². The number of anilines is 1. The van der Waals surface area contributed by atoms with Crippen LogP contribution in [0, 0.1) is 5.92 Å². The van der Waals surface area contributed by atoms with Gasteiger partial charge in [0.05, 0.1) is 29.3 Å². The first-order valence-electron chi connectivity index (χ1n) is 14.4. The number of nitrogens with one attached hydrogen (secondary N) is 4. The average molecular weight is 649 g/mol. The van der Waals surface area contributed by atoms with Crippen LogP contribution >= 0.6 is 23.2 Å². The fourth-order valence-corrected chi connectivity index (χ4v) is 5.69. The van der Waals surface area contributed by atoms with E-state index in [1.165, 1.54) is 6.08 Å². The van der Waals surface area contributed by atoms with E-state index in [0.29, 0.717) is 40.8 Å². The molecule has 10 nitrogen and oxygen atoms in total. The number of aliphatic hydroxyl groups is 2. The zero-order valence-corrected chi connectivity index (χ0v) is 27.0. The predicted molar refractivity (Wildman–Crippen MR) is 173 cm³/mol. The molecule has 2 aromatic heterocycles. The van der Waals surface area contributed by atoms with Crippen LogP contribution in [0.3, 0.4) is 0 Å². The lowest BCUT2D eigenvalue weighted by Gasteiger charge is -2.29. The summed E-state index contributed by atoms with van der Waals surface area (Å²) in [5, 5.41) is 33.5. The van der Waals surface area contributed by atoms with Crippen molar-refractivity contribution in [2.24, 2.45) is 5.92 Å². The Morgan fingerprint density at radius 3 is 2.64 bits per heavy atom. The van der Waals surface area contributed by atoms with Gasteiger partial charge in [0.1, 0.15) is 17.7 Å². The van der Waals surface area contributed by atoms with E-state index in [1.807, 2.05) is 49.0 Å². The maximum absolute atomic E-state index is 13.9. The Kier molecular flexibility index (Phi) is 11.3. The van der Waals surface area contributed by atoms with Crippen LogP contribution < -0.4 is 10.6 Å². The maximum Gasteiger partial charge on any atom is 0.268 e. The number of carbonyl (C=O) groups is 1. The second-order valence-electron chi connectivity index (χ2n) is 11.0. The first-order valence-corrected chi connectivity index (χ1v) is 15.2. The molecule has 1 amide bonds. The van der Waals surface area contributed by atoms with Crippen LogP contribution in [0.4, 0.5) is 10.2 Å². The maximum atomic E-state index is 13.9. The Morgan fingerprint density at radius 1 is 1.23 bits per heavy atom. The Balaban J connectivity index is 1.54. The molecule has 2 heterocycles. The number of rotatable bonds is 13. The van der Waals surface area contributed by atoms with Gasteiger partial charge >= 0.3 is 0 Å². The molecule has 1 aromatic carbocycles. The van der Waals surface area contributed by atoms with Crippen molar-refractivity contribution in [2.75, 3.05) is 46.2 Å². The highest BCUT2D eigenvalue weighted by Gasteiger charge is 2.31. The predicted octanol–water partition coefficient (Wildman–Crippen LogP) is 4.60. The number of amides is 1. The third kappa shape index (κ3) is 7.36. The standard InChI is InChI=1S/C31H40Cl2FN7O3/c1-6-41(5)26(43)15-40(4)14-19-8-7-18(11-22(19)32)27-29(38-39-30(27)35-3)20-12-24(36-13-20)31(44)37-25(16-42)21-9-10-23(34)28(33)17(21)2/h7-13,17,25-26,28,36,42-43H,6,14-16H2,1-5H3,(H,37,44)(H2,35,38,39)/t17?,25-,26?,28?/m1/s1. The molecule has 13 heteroatoms. The van der Waals surface area contributed by atoms with Gasteiger partial charge in [0, 0.05) is 42.8 Å². The third-order valence-corrected chi connectivity index (χ3v) is 8.98. The molecule has 4 rings (SSSR count). The first-order chi connectivity index (χ1) is 21.0. The number of H-pyrrole nitrogens is 2. The first kappa shape index (κ1) is 33.7. The van der Waals surface area contributed by atoms with Gasteiger partial charge in [0.15, 0.2) is 5.82 Å². The van der Waals surface area contributed by atoms with E-state index in [9.17, 15) is 19.4 Å². The molecular formula is C31H40Cl2FN7O3. The summed E-state index contributed by atoms with van der Waals surface area (Å²) in [7, 11) is 5.58. The molecule has 1 aliphatic carbocycles. The van der Waals surface area contributed by atoms with Crippen LogP contribution in [-0.4, -0.2) is 99.6 Å². The van der Waals surface area contributed by atoms with Gasteiger partial charge in [-0.3, -0.25) is 19.7 Å². The van der Waals surface area contributed by atoms with Crippen LogP contribution in [0.5, 0.6) is 0 Å². The number of nitrogens with zero attached hydrogens (tertiary/aromatic N) is 3. The second-order valence-corrected chi connectivity index (χ2v) is 11.9. The summed E-state index contributed by atoms with van der Waals surface area (Å²) < 4.78 is 13.9. The fourth-order valence-electron chi connectivity index (χ4n) is 5.23. The molecule has 3 unspecified atom stereocenters. The Labute approximate surface area is 266 Å². The molecule has 44 heavy (non-hydrogen) atoms. The molecule has 1 aliphatic rings. The van der Waals surface area contributed by atoms with Gasteiger partial charge in [0.25, 0.3) is 5.91 Å². The zero-order chi connectivity index (χ0) is 32.1. The minimum atomic E-state index is -0.859. The highest BCUT2D eigenvalue weighted by atomic mass is 35.5. The number of likely N-dealkylation sites (N-methyl/N-ethyl adjacent to an activating group) is 2. The lowest BCUT2D eigenvalue weighted by molar-refractivity contribution is 0.000935. The van der Waals surface area contributed by atoms with Crippen LogP contribution in [0.25, 0.3) is 22.4 Å². The largest absolute Gasteiger partial charge is 0.394 e. The van der Waals surface area contributed by atoms with Gasteiger partial charge in [-0.15, -0.1) is 11.6 Å². The number of carbonyl (C=O) groups excluding carboxylic acids is 1. The monoisotopic (exact) mass is 647 g/mol. The molecule has 0 spiro atoms. The number of hydrogen-bond acceptors (Lipinski definition) is 7. The molecule has 0 fully saturated rings. The quantitative estimate of drug-likeness (QED) is 0.118. The summed E-state index contributed by atoms with van der Waals surface area (Å²) in [6, 6.07) is 6.75. The topological polar surface area (TPSA) is 133 Å². The average Bonchev–Trinajstić information content (AvgIpc) is 3.67. The van der Waals surface area contributed by atoms with Crippen molar-refractivity contribution in [2.45, 2.75) is 38.0 Å². The van der Waals surface area contributed by atoms with Gasteiger partial charge in [-0.1, -0.05) is 43.7 Å². The molecule has 0 saturated heterocycles. The van der Waals surface area contributed by atoms with Crippen LogP contribution in [0.15, 0.2) is 54.0 Å². The SMILES string of the molecule is CCN(C)C(O)CN(C)Cc1ccc(-c2c(NC)n[nH]c2-c2c[nH]c(C(=O)N[C@H](CO)C3=CC=C(F)C(Cl)C3C)c2)cc1Cl. The molecule has 4 atom stereocenters. The van der Waals surface area contributed by atoms with Crippen LogP contribution in [0.1, 0.15) is 29.9 Å². The number of hydrogen-bond donors (Lipinski definition) is 6. The van der Waals surface area contributed by atoms with E-state index in [-0.39, 0.29) is 12.3 Å². The normalized spacial score (nSPS) is 18.3. The summed E-state index contributed by atoms with van der Waals surface area (Å²) in [4.78, 5) is 20.1. The smallest absolute Gasteiger partial charge is 0.268 e. The minimum absolute atomic E-state index is 0.269. The van der Waals surface area contributed by atoms with Crippen molar-refractivity contribution < 1.29 is 19.4 Å². The summed E-state index contributed by atoms with van der Waals surface area (Å²) in [6.07, 6.45) is 3.93. The Hall–Kier alpha value is -3.19. The minimum Gasteiger partial charge on any atom is -0.394 e. The van der Waals surface area contributed by atoms with Gasteiger partial charge in [-0.2, -0.15) is 5.10 Å². The number of halogens is 3. The highest BCUT2D eigenvalue weighted by Crippen LogP contribution is 2.38. The lowest BCUT2D eigenvalue weighted by Crippen LogP contribution is -2.42. The number of aromatic nitrogens is 3. The molecule has 3 aromatic rings. The molecule has 0 radical (unpaired) electrons. The van der Waals surface area contributed by atoms with E-state index in [0.717, 1.165) is 23.2 Å². The zero-order valence-electron chi connectivity index (χ0n) is 25.5. The number of aromatic amines is 2. The summed E-state index contributed by atoms with van der Waals surface area (Å²) in [6.45, 7) is 5.15. The van der Waals surface area contributed by atoms with Gasteiger partial charge in [-0.05, 0) is 55.5 Å². The number of benzene rings is 1. The van der Waals surface area contributed by atoms with Crippen LogP contribution in [0.2, 0.25) is 5.02 Å². The molecular weight excluding hydrogens is 608 g/mol. The second kappa shape index (κ2) is 14.7. The number of allylic oxidation sites excluding steroid dienone is 3. The highest BCUT2D eigenvalue weighted by molar-refractivity contribution is 6.31. The van der Waals surface area contributed by atoms with E-state index in [1.54, 1.807) is 32.3 Å². The van der Waals surface area contributed by atoms with Crippen molar-refractivity contribution in [3.63, 3.8) is 0 Å².